The lowest BCUT2D eigenvalue weighted by molar-refractivity contribution is -0.226. The molecule has 0 aliphatic carbocycles. The van der Waals surface area contributed by atoms with Crippen LogP contribution in [0.25, 0.3) is 0 Å². The van der Waals surface area contributed by atoms with E-state index in [1.165, 1.54) is 14.0 Å². The van der Waals surface area contributed by atoms with E-state index < -0.39 is 42.6 Å². The summed E-state index contributed by atoms with van der Waals surface area (Å²) in [5, 5.41) is 1.81. The highest BCUT2D eigenvalue weighted by Gasteiger charge is 2.45. The van der Waals surface area contributed by atoms with Gasteiger partial charge in [-0.05, 0) is 6.92 Å². The molecule has 2 unspecified atom stereocenters. The van der Waals surface area contributed by atoms with Gasteiger partial charge >= 0.3 is 18.1 Å². The Morgan fingerprint density at radius 3 is 2.40 bits per heavy atom. The maximum Gasteiger partial charge on any atom is 0.471 e. The third-order valence-corrected chi connectivity index (χ3v) is 2.81. The summed E-state index contributed by atoms with van der Waals surface area (Å²) < 4.78 is 52.0. The first-order chi connectivity index (χ1) is 9.15. The Morgan fingerprint density at radius 1 is 1.35 bits per heavy atom. The third-order valence-electron chi connectivity index (χ3n) is 2.81. The van der Waals surface area contributed by atoms with E-state index in [0.717, 1.165) is 6.92 Å². The Balaban J connectivity index is 2.83. The van der Waals surface area contributed by atoms with Gasteiger partial charge in [0.2, 0.25) is 0 Å². The van der Waals surface area contributed by atoms with Gasteiger partial charge in [0.25, 0.3) is 0 Å². The topological polar surface area (TPSA) is 73.9 Å². The van der Waals surface area contributed by atoms with Crippen LogP contribution >= 0.6 is 0 Å². The molecule has 0 spiro atoms. The van der Waals surface area contributed by atoms with Crippen molar-refractivity contribution in [3.05, 3.63) is 0 Å². The van der Waals surface area contributed by atoms with Crippen molar-refractivity contribution >= 4 is 11.9 Å². The van der Waals surface area contributed by atoms with Crippen LogP contribution in [0.4, 0.5) is 13.2 Å². The van der Waals surface area contributed by atoms with Crippen molar-refractivity contribution in [1.29, 1.82) is 0 Å². The molecule has 4 atom stereocenters. The van der Waals surface area contributed by atoms with Gasteiger partial charge in [0.15, 0.2) is 6.29 Å². The molecule has 0 radical (unpaired) electrons. The molecule has 0 bridgehead atoms. The zero-order valence-corrected chi connectivity index (χ0v) is 11.2. The number of ether oxygens (including phenoxy) is 3. The molecule has 116 valence electrons. The minimum Gasteiger partial charge on any atom is -0.458 e. The van der Waals surface area contributed by atoms with Crippen LogP contribution in [-0.4, -0.2) is 49.7 Å². The molecule has 1 heterocycles. The van der Waals surface area contributed by atoms with Crippen molar-refractivity contribution in [2.45, 2.75) is 51.0 Å². The Morgan fingerprint density at radius 2 is 1.95 bits per heavy atom. The minimum atomic E-state index is -5.01. The van der Waals surface area contributed by atoms with Crippen LogP contribution in [0.1, 0.15) is 20.3 Å². The summed E-state index contributed by atoms with van der Waals surface area (Å²) in [6.45, 7) is 2.64. The number of rotatable bonds is 3. The predicted molar refractivity (Wildman–Crippen MR) is 59.5 cm³/mol. The van der Waals surface area contributed by atoms with Crippen molar-refractivity contribution < 1.29 is 37.0 Å². The van der Waals surface area contributed by atoms with Crippen LogP contribution in [-0.2, 0) is 23.8 Å². The summed E-state index contributed by atoms with van der Waals surface area (Å²) in [7, 11) is 1.33. The van der Waals surface area contributed by atoms with Gasteiger partial charge in [0.1, 0.15) is 6.10 Å². The van der Waals surface area contributed by atoms with Gasteiger partial charge in [-0.3, -0.25) is 9.59 Å². The summed E-state index contributed by atoms with van der Waals surface area (Å²) in [4.78, 5) is 22.0. The van der Waals surface area contributed by atoms with Crippen LogP contribution in [0.15, 0.2) is 0 Å². The fraction of sp³-hybridized carbons (Fsp3) is 0.818. The Hall–Kier alpha value is -1.35. The molecule has 1 fully saturated rings. The molecule has 1 rings (SSSR count). The number of hydrogen-bond donors (Lipinski definition) is 1. The van der Waals surface area contributed by atoms with E-state index in [1.807, 2.05) is 5.32 Å². The lowest BCUT2D eigenvalue weighted by Gasteiger charge is -2.39. The van der Waals surface area contributed by atoms with Gasteiger partial charge in [0.05, 0.1) is 12.1 Å². The number of methoxy groups -OCH3 is 1. The number of carbonyl (C=O) groups excluding carboxylic acids is 2. The molecule has 9 heteroatoms. The first-order valence-electron chi connectivity index (χ1n) is 5.88. The van der Waals surface area contributed by atoms with Gasteiger partial charge in [-0.15, -0.1) is 0 Å². The lowest BCUT2D eigenvalue weighted by atomic mass is 9.99. The number of carbonyl (C=O) groups is 2. The smallest absolute Gasteiger partial charge is 0.458 e. The molecule has 0 saturated carbocycles. The molecule has 0 aromatic carbocycles. The van der Waals surface area contributed by atoms with Crippen molar-refractivity contribution in [1.82, 2.24) is 5.32 Å². The van der Waals surface area contributed by atoms with E-state index in [2.05, 4.69) is 0 Å². The molecular formula is C11H16F3NO5. The van der Waals surface area contributed by atoms with Crippen LogP contribution < -0.4 is 5.32 Å². The van der Waals surface area contributed by atoms with E-state index in [1.54, 1.807) is 0 Å². The normalized spacial score (nSPS) is 30.7. The van der Waals surface area contributed by atoms with Gasteiger partial charge in [-0.25, -0.2) is 0 Å². The number of hydrogen-bond acceptors (Lipinski definition) is 5. The first kappa shape index (κ1) is 16.7. The third kappa shape index (κ3) is 4.34. The van der Waals surface area contributed by atoms with Crippen molar-refractivity contribution in [2.24, 2.45) is 0 Å². The fourth-order valence-electron chi connectivity index (χ4n) is 1.95. The quantitative estimate of drug-likeness (QED) is 0.778. The molecule has 6 nitrogen and oxygen atoms in total. The van der Waals surface area contributed by atoms with Crippen LogP contribution in [0.5, 0.6) is 0 Å². The average molecular weight is 299 g/mol. The summed E-state index contributed by atoms with van der Waals surface area (Å²) in [5.41, 5.74) is 0. The second-order valence-electron chi connectivity index (χ2n) is 4.39. The highest BCUT2D eigenvalue weighted by molar-refractivity contribution is 5.82. The summed E-state index contributed by atoms with van der Waals surface area (Å²) in [6, 6.07) is -1.04. The number of esters is 1. The zero-order chi connectivity index (χ0) is 15.5. The van der Waals surface area contributed by atoms with E-state index in [4.69, 9.17) is 14.2 Å². The molecular weight excluding hydrogens is 283 g/mol. The van der Waals surface area contributed by atoms with Crippen LogP contribution in [0, 0.1) is 0 Å². The summed E-state index contributed by atoms with van der Waals surface area (Å²) >= 11 is 0. The second-order valence-corrected chi connectivity index (χ2v) is 4.39. The van der Waals surface area contributed by atoms with Crippen molar-refractivity contribution in [3.63, 3.8) is 0 Å². The van der Waals surface area contributed by atoms with Crippen LogP contribution in [0.2, 0.25) is 0 Å². The highest BCUT2D eigenvalue weighted by atomic mass is 19.4. The second kappa shape index (κ2) is 6.40. The first-order valence-corrected chi connectivity index (χ1v) is 5.88. The molecule has 1 aliphatic heterocycles. The van der Waals surface area contributed by atoms with Gasteiger partial charge in [-0.1, -0.05) is 0 Å². The molecule has 1 amide bonds. The maximum absolute atomic E-state index is 12.3. The SMILES string of the molecule is CO[C@@H]1CC(NC(=O)C(F)(F)F)[C@H](OC(C)=O)C(C)O1. The largest absolute Gasteiger partial charge is 0.471 e. The van der Waals surface area contributed by atoms with Gasteiger partial charge in [-0.2, -0.15) is 13.2 Å². The number of amides is 1. The summed E-state index contributed by atoms with van der Waals surface area (Å²) in [6.07, 6.45) is -7.57. The molecule has 1 saturated heterocycles. The zero-order valence-electron chi connectivity index (χ0n) is 11.2. The standard InChI is InChI=1S/C11H16F3NO5/c1-5-9(20-6(2)16)7(4-8(18-3)19-5)15-10(17)11(12,13)14/h5,7-9H,4H2,1-3H3,(H,15,17)/t5?,7?,8-,9+/m0/s1. The molecule has 1 N–H and O–H groups in total. The number of halogens is 3. The molecule has 1 aliphatic rings. The average Bonchev–Trinajstić information content (AvgIpc) is 2.31. The number of alkyl halides is 3. The van der Waals surface area contributed by atoms with Crippen molar-refractivity contribution in [2.75, 3.05) is 7.11 Å². The van der Waals surface area contributed by atoms with Crippen molar-refractivity contribution in [3.8, 4) is 0 Å². The molecule has 0 aromatic rings. The monoisotopic (exact) mass is 299 g/mol. The molecule has 20 heavy (non-hydrogen) atoms. The molecule has 0 aromatic heterocycles. The Bertz CT molecular complexity index is 374. The Kier molecular flexibility index (Phi) is 5.35. The Labute approximate surface area is 113 Å². The minimum absolute atomic E-state index is 0.0550. The van der Waals surface area contributed by atoms with Gasteiger partial charge < -0.3 is 19.5 Å². The van der Waals surface area contributed by atoms with Gasteiger partial charge in [0, 0.05) is 20.5 Å². The highest BCUT2D eigenvalue weighted by Crippen LogP contribution is 2.25. The number of nitrogens with one attached hydrogen (secondary N) is 1. The fourth-order valence-corrected chi connectivity index (χ4v) is 1.95. The lowest BCUT2D eigenvalue weighted by Crippen LogP contribution is -2.58. The van der Waals surface area contributed by atoms with E-state index >= 15 is 0 Å². The maximum atomic E-state index is 12.3. The predicted octanol–water partition coefficient (Wildman–Crippen LogP) is 0.746. The van der Waals surface area contributed by atoms with E-state index in [9.17, 15) is 22.8 Å². The summed E-state index contributed by atoms with van der Waals surface area (Å²) in [5.74, 6) is -2.77. The van der Waals surface area contributed by atoms with Crippen LogP contribution in [0.3, 0.4) is 0 Å². The van der Waals surface area contributed by atoms with E-state index in [-0.39, 0.29) is 6.42 Å². The van der Waals surface area contributed by atoms with E-state index in [0.29, 0.717) is 0 Å².